The first-order valence-corrected chi connectivity index (χ1v) is 27.9. The van der Waals surface area contributed by atoms with Gasteiger partial charge in [-0.3, -0.25) is 19.9 Å². The topological polar surface area (TPSA) is 106 Å². The highest BCUT2D eigenvalue weighted by Gasteiger charge is 2.07. The SMILES string of the molecule is C.Cc1ccc2c(NCCCCCCN(C)CCCCCCNc3ccnc4cc(C)ccc34)ccnc2c1.Cc1ccc2c(NCCCCCN(C)CCCCCNc3ccnc4cc(C)ccc34)ccnc2c1. The molecule has 0 bridgehead atoms. The van der Waals surface area contributed by atoms with E-state index in [1.165, 1.54) is 183 Å². The number of pyridine rings is 4. The number of unbranched alkanes of at least 4 members (excludes halogenated alkanes) is 10. The summed E-state index contributed by atoms with van der Waals surface area (Å²) in [5, 5.41) is 19.3. The fourth-order valence-electron chi connectivity index (χ4n) is 9.85. The zero-order valence-electron chi connectivity index (χ0n) is 45.8. The lowest BCUT2D eigenvalue weighted by atomic mass is 10.1. The molecule has 8 rings (SSSR count). The molecule has 0 unspecified atom stereocenters. The molecule has 0 amide bonds. The van der Waals surface area contributed by atoms with Crippen molar-refractivity contribution in [1.82, 2.24) is 29.7 Å². The average molecular weight is 1010 g/mol. The molecule has 0 radical (unpaired) electrons. The minimum atomic E-state index is 0. The van der Waals surface area contributed by atoms with Gasteiger partial charge in [-0.1, -0.05) is 94.5 Å². The van der Waals surface area contributed by atoms with Gasteiger partial charge in [-0.15, -0.1) is 0 Å². The molecule has 0 aliphatic rings. The molecule has 0 aliphatic heterocycles. The van der Waals surface area contributed by atoms with Gasteiger partial charge in [-0.25, -0.2) is 0 Å². The third-order valence-electron chi connectivity index (χ3n) is 14.2. The molecule has 10 heteroatoms. The molecule has 0 saturated heterocycles. The maximum Gasteiger partial charge on any atom is 0.0725 e. The van der Waals surface area contributed by atoms with Crippen molar-refractivity contribution in [3.05, 3.63) is 144 Å². The number of fused-ring (bicyclic) bond motifs is 4. The number of benzene rings is 4. The minimum Gasteiger partial charge on any atom is -0.384 e. The number of hydrogen-bond acceptors (Lipinski definition) is 10. The van der Waals surface area contributed by atoms with Crippen molar-refractivity contribution in [2.24, 2.45) is 0 Å². The fourth-order valence-corrected chi connectivity index (χ4v) is 9.85. The van der Waals surface area contributed by atoms with Crippen LogP contribution in [0.2, 0.25) is 0 Å². The molecule has 4 heterocycles. The average Bonchev–Trinajstić information content (AvgIpc) is 3.39. The Hall–Kier alpha value is -6.36. The molecule has 0 spiro atoms. The van der Waals surface area contributed by atoms with Crippen LogP contribution >= 0.6 is 0 Å². The summed E-state index contributed by atoms with van der Waals surface area (Å²) in [6.45, 7) is 17.3. The number of rotatable bonds is 30. The van der Waals surface area contributed by atoms with Crippen LogP contribution < -0.4 is 21.3 Å². The number of anilines is 4. The zero-order chi connectivity index (χ0) is 51.7. The number of hydrogen-bond donors (Lipinski definition) is 4. The van der Waals surface area contributed by atoms with Crippen LogP contribution in [0.25, 0.3) is 43.6 Å². The molecule has 400 valence electrons. The van der Waals surface area contributed by atoms with E-state index in [2.05, 4.69) is 190 Å². The van der Waals surface area contributed by atoms with E-state index < -0.39 is 0 Å². The molecule has 4 aromatic heterocycles. The van der Waals surface area contributed by atoms with Gasteiger partial charge in [0.2, 0.25) is 0 Å². The predicted molar refractivity (Wildman–Crippen MR) is 326 cm³/mol. The molecule has 4 aromatic carbocycles. The number of aromatic nitrogens is 4. The van der Waals surface area contributed by atoms with Crippen LogP contribution in [0.3, 0.4) is 0 Å². The van der Waals surface area contributed by atoms with Gasteiger partial charge in [-0.2, -0.15) is 0 Å². The molecule has 0 atom stereocenters. The van der Waals surface area contributed by atoms with Crippen molar-refractivity contribution in [2.75, 3.05) is 87.7 Å². The molecule has 10 nitrogen and oxygen atoms in total. The van der Waals surface area contributed by atoms with Crippen molar-refractivity contribution >= 4 is 66.4 Å². The molecule has 0 saturated carbocycles. The highest BCUT2D eigenvalue weighted by Crippen LogP contribution is 2.26. The van der Waals surface area contributed by atoms with Crippen LogP contribution in [0.15, 0.2) is 122 Å². The van der Waals surface area contributed by atoms with Crippen LogP contribution in [-0.2, 0) is 0 Å². The summed E-state index contributed by atoms with van der Waals surface area (Å²) >= 11 is 0. The van der Waals surface area contributed by atoms with Gasteiger partial charge in [-0.05, 0) is 190 Å². The largest absolute Gasteiger partial charge is 0.384 e. The summed E-state index contributed by atoms with van der Waals surface area (Å²) in [6, 6.07) is 34.3. The van der Waals surface area contributed by atoms with Crippen molar-refractivity contribution < 1.29 is 0 Å². The minimum absolute atomic E-state index is 0. The van der Waals surface area contributed by atoms with Crippen LogP contribution in [0, 0.1) is 27.7 Å². The molecule has 8 aromatic rings. The van der Waals surface area contributed by atoms with E-state index >= 15 is 0 Å². The second kappa shape index (κ2) is 31.5. The lowest BCUT2D eigenvalue weighted by molar-refractivity contribution is 0.315. The third-order valence-corrected chi connectivity index (χ3v) is 14.2. The Bertz CT molecular complexity index is 2740. The van der Waals surface area contributed by atoms with Gasteiger partial charge in [0.25, 0.3) is 0 Å². The molecule has 75 heavy (non-hydrogen) atoms. The molecule has 0 aliphatic carbocycles. The summed E-state index contributed by atoms with van der Waals surface area (Å²) in [7, 11) is 4.53. The summed E-state index contributed by atoms with van der Waals surface area (Å²) in [5.41, 5.74) is 14.1. The summed E-state index contributed by atoms with van der Waals surface area (Å²) in [5.74, 6) is 0. The van der Waals surface area contributed by atoms with Gasteiger partial charge >= 0.3 is 0 Å². The lowest BCUT2D eigenvalue weighted by Gasteiger charge is -2.16. The Kier molecular flexibility index (Phi) is 24.3. The zero-order valence-corrected chi connectivity index (χ0v) is 45.8. The van der Waals surface area contributed by atoms with Gasteiger partial charge < -0.3 is 31.1 Å². The van der Waals surface area contributed by atoms with E-state index in [0.717, 1.165) is 48.2 Å². The van der Waals surface area contributed by atoms with Gasteiger partial charge in [0.1, 0.15) is 0 Å². The second-order valence-corrected chi connectivity index (χ2v) is 20.8. The van der Waals surface area contributed by atoms with Crippen molar-refractivity contribution in [3.63, 3.8) is 0 Å². The van der Waals surface area contributed by atoms with Crippen molar-refractivity contribution in [3.8, 4) is 0 Å². The lowest BCUT2D eigenvalue weighted by Crippen LogP contribution is -2.21. The van der Waals surface area contributed by atoms with E-state index in [-0.39, 0.29) is 7.43 Å². The first-order chi connectivity index (χ1) is 36.2. The number of nitrogens with one attached hydrogen (secondary N) is 4. The van der Waals surface area contributed by atoms with Crippen molar-refractivity contribution in [1.29, 1.82) is 0 Å². The molecular weight excluding hydrogens is 921 g/mol. The summed E-state index contributed by atoms with van der Waals surface area (Å²) in [4.78, 5) is 23.0. The quantitative estimate of drug-likeness (QED) is 0.0326. The van der Waals surface area contributed by atoms with E-state index in [4.69, 9.17) is 0 Å². The Morgan fingerprint density at radius 3 is 0.787 bits per heavy atom. The second-order valence-electron chi connectivity index (χ2n) is 20.8. The Morgan fingerprint density at radius 1 is 0.307 bits per heavy atom. The smallest absolute Gasteiger partial charge is 0.0725 e. The summed E-state index contributed by atoms with van der Waals surface area (Å²) in [6.07, 6.45) is 25.2. The van der Waals surface area contributed by atoms with E-state index in [1.54, 1.807) is 0 Å². The first kappa shape index (κ1) is 57.9. The molecule has 0 fully saturated rings. The van der Waals surface area contributed by atoms with Crippen molar-refractivity contribution in [2.45, 2.75) is 125 Å². The third kappa shape index (κ3) is 19.1. The van der Waals surface area contributed by atoms with E-state index in [1.807, 2.05) is 24.8 Å². The Morgan fingerprint density at radius 2 is 0.533 bits per heavy atom. The number of aryl methyl sites for hydroxylation is 4. The maximum atomic E-state index is 4.50. The van der Waals surface area contributed by atoms with Crippen LogP contribution in [0.1, 0.15) is 120 Å². The van der Waals surface area contributed by atoms with Crippen LogP contribution in [0.4, 0.5) is 22.7 Å². The Labute approximate surface area is 451 Å². The van der Waals surface area contributed by atoms with Crippen LogP contribution in [0.5, 0.6) is 0 Å². The highest BCUT2D eigenvalue weighted by atomic mass is 15.1. The standard InChI is InChI=1S/C33H45N5.C31H41N5.CH4/c1-26-12-14-28-30(16-20-36-32(28)24-26)34-18-8-4-6-10-22-38(3)23-11-7-5-9-19-35-31-17-21-37-33-25-27(2)13-15-29(31)33;1-24-10-12-26-28(14-18-34-30(26)22-24)32-16-6-4-8-20-36(3)21-9-5-7-17-33-29-15-19-35-31-23-25(2)11-13-27(29)31;/h12-17,20-21,24-25H,4-11,18-19,22-23H2,1-3H3,(H,34,36)(H,35,37);10-15,18-19,22-23H,4-9,16-17,20-21H2,1-3H3,(H,32,34)(H,33,35);1H4. The number of nitrogens with zero attached hydrogens (tertiary/aromatic N) is 6. The predicted octanol–water partition coefficient (Wildman–Crippen LogP) is 15.8. The molecular formula is C65H90N10. The van der Waals surface area contributed by atoms with E-state index in [0.29, 0.717) is 0 Å². The fraction of sp³-hybridized carbons (Fsp3) is 0.446. The van der Waals surface area contributed by atoms with Gasteiger partial charge in [0.05, 0.1) is 22.1 Å². The van der Waals surface area contributed by atoms with Crippen LogP contribution in [-0.4, -0.2) is 96.2 Å². The van der Waals surface area contributed by atoms with Gasteiger partial charge in [0.15, 0.2) is 0 Å². The van der Waals surface area contributed by atoms with E-state index in [9.17, 15) is 0 Å². The molecule has 4 N–H and O–H groups in total. The highest BCUT2D eigenvalue weighted by molar-refractivity contribution is 5.93. The Balaban J connectivity index is 0.000000241. The summed E-state index contributed by atoms with van der Waals surface area (Å²) < 4.78 is 0. The monoisotopic (exact) mass is 1010 g/mol. The first-order valence-electron chi connectivity index (χ1n) is 27.9. The van der Waals surface area contributed by atoms with Gasteiger partial charge in [0, 0.05) is 95.3 Å². The maximum absolute atomic E-state index is 4.50. The normalized spacial score (nSPS) is 11.3.